The molecule has 1 saturated heterocycles. The number of methoxy groups -OCH3 is 2. The van der Waals surface area contributed by atoms with Gasteiger partial charge >= 0.3 is 0 Å². The number of hydrogen-bond donors (Lipinski definition) is 1. The van der Waals surface area contributed by atoms with Crippen molar-refractivity contribution in [3.63, 3.8) is 0 Å². The number of nitrogens with one attached hydrogen (secondary N) is 1. The molecule has 8 nitrogen and oxygen atoms in total. The molecule has 1 atom stereocenters. The summed E-state index contributed by atoms with van der Waals surface area (Å²) in [5, 5.41) is 0. The summed E-state index contributed by atoms with van der Waals surface area (Å²) in [6.45, 7) is 3.18. The number of carbonyl (C=O) groups excluding carboxylic acids is 1. The highest BCUT2D eigenvalue weighted by Crippen LogP contribution is 2.25. The van der Waals surface area contributed by atoms with E-state index in [1.807, 2.05) is 0 Å². The van der Waals surface area contributed by atoms with E-state index in [2.05, 4.69) is 4.72 Å². The SMILES string of the molecule is COc1ccc(OCC(C)NS(=O)(=O)c2ccc(OC)c(C(=O)N3CCCCC3)c2)cc1. The van der Waals surface area contributed by atoms with Gasteiger partial charge in [0.2, 0.25) is 10.0 Å². The normalized spacial score (nSPS) is 15.2. The minimum absolute atomic E-state index is 0.00922. The zero-order chi connectivity index (χ0) is 23.1. The first kappa shape index (κ1) is 23.9. The van der Waals surface area contributed by atoms with Crippen molar-refractivity contribution < 1.29 is 27.4 Å². The van der Waals surface area contributed by atoms with E-state index in [-0.39, 0.29) is 23.0 Å². The molecule has 2 aromatic carbocycles. The fourth-order valence-corrected chi connectivity index (χ4v) is 4.80. The van der Waals surface area contributed by atoms with E-state index in [1.165, 1.54) is 25.3 Å². The lowest BCUT2D eigenvalue weighted by Gasteiger charge is -2.27. The van der Waals surface area contributed by atoms with Crippen molar-refractivity contribution in [1.82, 2.24) is 9.62 Å². The van der Waals surface area contributed by atoms with Gasteiger partial charge < -0.3 is 19.1 Å². The molecule has 1 amide bonds. The fourth-order valence-electron chi connectivity index (χ4n) is 3.55. The van der Waals surface area contributed by atoms with Gasteiger partial charge in [0, 0.05) is 13.1 Å². The first-order chi connectivity index (χ1) is 15.3. The maximum absolute atomic E-state index is 13.0. The molecule has 1 unspecified atom stereocenters. The van der Waals surface area contributed by atoms with Crippen LogP contribution in [0.25, 0.3) is 0 Å². The van der Waals surface area contributed by atoms with E-state index in [9.17, 15) is 13.2 Å². The third-order valence-electron chi connectivity index (χ3n) is 5.27. The maximum atomic E-state index is 13.0. The Morgan fingerprint density at radius 3 is 2.28 bits per heavy atom. The van der Waals surface area contributed by atoms with Crippen LogP contribution in [0.4, 0.5) is 0 Å². The predicted molar refractivity (Wildman–Crippen MR) is 121 cm³/mol. The number of amides is 1. The second-order valence-corrected chi connectivity index (χ2v) is 9.44. The van der Waals surface area contributed by atoms with Crippen LogP contribution in [0.1, 0.15) is 36.5 Å². The van der Waals surface area contributed by atoms with Gasteiger partial charge in [-0.3, -0.25) is 4.79 Å². The molecule has 2 aromatic rings. The largest absolute Gasteiger partial charge is 0.497 e. The first-order valence-corrected chi connectivity index (χ1v) is 12.1. The van der Waals surface area contributed by atoms with Crippen LogP contribution >= 0.6 is 0 Å². The van der Waals surface area contributed by atoms with Gasteiger partial charge in [0.05, 0.1) is 30.7 Å². The van der Waals surface area contributed by atoms with E-state index in [0.29, 0.717) is 30.3 Å². The summed E-state index contributed by atoms with van der Waals surface area (Å²) in [6, 6.07) is 10.9. The van der Waals surface area contributed by atoms with Crippen LogP contribution in [0.3, 0.4) is 0 Å². The molecule has 0 saturated carbocycles. The molecule has 1 aliphatic rings. The van der Waals surface area contributed by atoms with Crippen LogP contribution in [0.2, 0.25) is 0 Å². The Balaban J connectivity index is 1.70. The molecule has 9 heteroatoms. The van der Waals surface area contributed by atoms with Crippen molar-refractivity contribution in [3.8, 4) is 17.2 Å². The Labute approximate surface area is 189 Å². The highest BCUT2D eigenvalue weighted by Gasteiger charge is 2.25. The number of carbonyl (C=O) groups is 1. The molecular weight excluding hydrogens is 432 g/mol. The predicted octanol–water partition coefficient (Wildman–Crippen LogP) is 3.08. The monoisotopic (exact) mass is 462 g/mol. The van der Waals surface area contributed by atoms with Crippen molar-refractivity contribution in [2.24, 2.45) is 0 Å². The number of hydrogen-bond acceptors (Lipinski definition) is 6. The number of ether oxygens (including phenoxy) is 3. The molecule has 0 aliphatic carbocycles. The molecule has 32 heavy (non-hydrogen) atoms. The molecule has 174 valence electrons. The Morgan fingerprint density at radius 1 is 1.00 bits per heavy atom. The highest BCUT2D eigenvalue weighted by atomic mass is 32.2. The van der Waals surface area contributed by atoms with Gasteiger partial charge in [-0.05, 0) is 68.7 Å². The molecule has 0 radical (unpaired) electrons. The third-order valence-corrected chi connectivity index (χ3v) is 6.86. The number of benzene rings is 2. The average molecular weight is 463 g/mol. The van der Waals surface area contributed by atoms with Crippen molar-refractivity contribution in [2.45, 2.75) is 37.1 Å². The lowest BCUT2D eigenvalue weighted by molar-refractivity contribution is 0.0720. The van der Waals surface area contributed by atoms with Crippen molar-refractivity contribution >= 4 is 15.9 Å². The Hall–Kier alpha value is -2.78. The van der Waals surface area contributed by atoms with Gasteiger partial charge in [-0.2, -0.15) is 0 Å². The van der Waals surface area contributed by atoms with Gasteiger partial charge in [0.1, 0.15) is 23.9 Å². The Kier molecular flexibility index (Phi) is 7.98. The Bertz CT molecular complexity index is 1020. The van der Waals surface area contributed by atoms with Gasteiger partial charge in [0.25, 0.3) is 5.91 Å². The first-order valence-electron chi connectivity index (χ1n) is 10.6. The van der Waals surface area contributed by atoms with Crippen LogP contribution in [-0.4, -0.2) is 59.2 Å². The molecule has 1 heterocycles. The van der Waals surface area contributed by atoms with Crippen LogP contribution in [-0.2, 0) is 10.0 Å². The summed E-state index contributed by atoms with van der Waals surface area (Å²) in [4.78, 5) is 14.7. The van der Waals surface area contributed by atoms with Gasteiger partial charge in [-0.1, -0.05) is 0 Å². The van der Waals surface area contributed by atoms with Crippen molar-refractivity contribution in [1.29, 1.82) is 0 Å². The second kappa shape index (κ2) is 10.7. The van der Waals surface area contributed by atoms with Crippen LogP contribution in [0, 0.1) is 0 Å². The van der Waals surface area contributed by atoms with E-state index in [0.717, 1.165) is 19.3 Å². The number of likely N-dealkylation sites (tertiary alicyclic amines) is 1. The molecule has 0 aromatic heterocycles. The quantitative estimate of drug-likeness (QED) is 0.616. The molecule has 1 aliphatic heterocycles. The molecule has 3 rings (SSSR count). The summed E-state index contributed by atoms with van der Waals surface area (Å²) in [7, 11) is -0.816. The van der Waals surface area contributed by atoms with E-state index in [1.54, 1.807) is 43.2 Å². The summed E-state index contributed by atoms with van der Waals surface area (Å²) in [6.07, 6.45) is 2.98. The van der Waals surface area contributed by atoms with E-state index < -0.39 is 16.1 Å². The third kappa shape index (κ3) is 5.92. The van der Waals surface area contributed by atoms with Crippen molar-refractivity contribution in [3.05, 3.63) is 48.0 Å². The minimum atomic E-state index is -3.86. The summed E-state index contributed by atoms with van der Waals surface area (Å²) < 4.78 is 44.6. The summed E-state index contributed by atoms with van der Waals surface area (Å²) in [5.41, 5.74) is 0.249. The number of sulfonamides is 1. The number of nitrogens with zero attached hydrogens (tertiary/aromatic N) is 1. The Morgan fingerprint density at radius 2 is 1.66 bits per heavy atom. The average Bonchev–Trinajstić information content (AvgIpc) is 2.82. The zero-order valence-electron chi connectivity index (χ0n) is 18.7. The smallest absolute Gasteiger partial charge is 0.257 e. The van der Waals surface area contributed by atoms with Gasteiger partial charge in [-0.25, -0.2) is 13.1 Å². The second-order valence-electron chi connectivity index (χ2n) is 7.72. The highest BCUT2D eigenvalue weighted by molar-refractivity contribution is 7.89. The summed E-state index contributed by atoms with van der Waals surface area (Å²) >= 11 is 0. The lowest BCUT2D eigenvalue weighted by atomic mass is 10.1. The zero-order valence-corrected chi connectivity index (χ0v) is 19.5. The molecule has 1 fully saturated rings. The molecule has 0 spiro atoms. The van der Waals surface area contributed by atoms with Crippen LogP contribution in [0.5, 0.6) is 17.2 Å². The topological polar surface area (TPSA) is 94.2 Å². The number of rotatable bonds is 9. The fraction of sp³-hybridized carbons (Fsp3) is 0.435. The van der Waals surface area contributed by atoms with E-state index in [4.69, 9.17) is 14.2 Å². The molecular formula is C23H30N2O6S. The van der Waals surface area contributed by atoms with E-state index >= 15 is 0 Å². The summed E-state index contributed by atoms with van der Waals surface area (Å²) in [5.74, 6) is 1.46. The van der Waals surface area contributed by atoms with Crippen molar-refractivity contribution in [2.75, 3.05) is 33.9 Å². The molecule has 0 bridgehead atoms. The van der Waals surface area contributed by atoms with Gasteiger partial charge in [-0.15, -0.1) is 0 Å². The lowest BCUT2D eigenvalue weighted by Crippen LogP contribution is -2.37. The maximum Gasteiger partial charge on any atom is 0.257 e. The minimum Gasteiger partial charge on any atom is -0.497 e. The van der Waals surface area contributed by atoms with Crippen LogP contribution in [0.15, 0.2) is 47.4 Å². The number of piperidine rings is 1. The standard InChI is InChI=1S/C23H30N2O6S/c1-17(16-31-19-9-7-18(29-2)8-10-19)24-32(27,28)20-11-12-22(30-3)21(15-20)23(26)25-13-5-4-6-14-25/h7-12,15,17,24H,4-6,13-14,16H2,1-3H3. The van der Waals surface area contributed by atoms with Crippen LogP contribution < -0.4 is 18.9 Å². The van der Waals surface area contributed by atoms with Gasteiger partial charge in [0.15, 0.2) is 0 Å². The molecule has 1 N–H and O–H groups in total.